The van der Waals surface area contributed by atoms with Crippen molar-refractivity contribution in [3.05, 3.63) is 47.9 Å². The van der Waals surface area contributed by atoms with Gasteiger partial charge in [0.15, 0.2) is 0 Å². The average Bonchev–Trinajstić information content (AvgIpc) is 2.75. The van der Waals surface area contributed by atoms with Gasteiger partial charge in [0.1, 0.15) is 11.8 Å². The van der Waals surface area contributed by atoms with Crippen molar-refractivity contribution in [1.29, 1.82) is 0 Å². The van der Waals surface area contributed by atoms with Gasteiger partial charge in [-0.2, -0.15) is 0 Å². The van der Waals surface area contributed by atoms with Gasteiger partial charge >= 0.3 is 0 Å². The Bertz CT molecular complexity index is 491. The minimum atomic E-state index is -0.120. The monoisotopic (exact) mass is 216 g/mol. The molecule has 1 amide bonds. The predicted molar refractivity (Wildman–Crippen MR) is 60.4 cm³/mol. The first-order valence-electron chi connectivity index (χ1n) is 4.94. The number of aryl methyl sites for hydroxylation is 1. The summed E-state index contributed by atoms with van der Waals surface area (Å²) in [4.78, 5) is 13.6. The average molecular weight is 216 g/mol. The Hall–Kier alpha value is -2.10. The molecule has 1 aromatic heterocycles. The quantitative estimate of drug-likeness (QED) is 0.773. The standard InChI is InChI=1S/C12H12N2O2/c1-9-11(8-16-13-9)12(15)14(2)10-6-4-3-5-7-10/h3-8H,1-2H3. The van der Waals surface area contributed by atoms with Gasteiger partial charge in [-0.05, 0) is 19.1 Å². The summed E-state index contributed by atoms with van der Waals surface area (Å²) in [6, 6.07) is 9.44. The van der Waals surface area contributed by atoms with Crippen molar-refractivity contribution in [2.24, 2.45) is 0 Å². The van der Waals surface area contributed by atoms with Gasteiger partial charge in [0, 0.05) is 12.7 Å². The van der Waals surface area contributed by atoms with Crippen molar-refractivity contribution in [3.63, 3.8) is 0 Å². The number of anilines is 1. The van der Waals surface area contributed by atoms with Gasteiger partial charge in [0.2, 0.25) is 0 Å². The Kier molecular flexibility index (Phi) is 2.72. The number of hydrogen-bond acceptors (Lipinski definition) is 3. The van der Waals surface area contributed by atoms with Crippen LogP contribution in [0.2, 0.25) is 0 Å². The lowest BCUT2D eigenvalue weighted by Gasteiger charge is -2.16. The number of para-hydroxylation sites is 1. The van der Waals surface area contributed by atoms with E-state index in [1.807, 2.05) is 30.3 Å². The number of carbonyl (C=O) groups excluding carboxylic acids is 1. The zero-order chi connectivity index (χ0) is 11.5. The summed E-state index contributed by atoms with van der Waals surface area (Å²) in [5.74, 6) is -0.120. The van der Waals surface area contributed by atoms with Crippen molar-refractivity contribution in [2.45, 2.75) is 6.92 Å². The summed E-state index contributed by atoms with van der Waals surface area (Å²) in [6.07, 6.45) is 1.37. The topological polar surface area (TPSA) is 46.3 Å². The fourth-order valence-electron chi connectivity index (χ4n) is 1.45. The number of carbonyl (C=O) groups is 1. The van der Waals surface area contributed by atoms with Gasteiger partial charge in [-0.15, -0.1) is 0 Å². The van der Waals surface area contributed by atoms with Crippen molar-refractivity contribution in [3.8, 4) is 0 Å². The number of nitrogens with zero attached hydrogens (tertiary/aromatic N) is 2. The van der Waals surface area contributed by atoms with E-state index in [-0.39, 0.29) is 5.91 Å². The third-order valence-electron chi connectivity index (χ3n) is 2.43. The smallest absolute Gasteiger partial charge is 0.263 e. The highest BCUT2D eigenvalue weighted by atomic mass is 16.5. The van der Waals surface area contributed by atoms with E-state index in [0.717, 1.165) is 5.69 Å². The molecule has 0 fully saturated rings. The van der Waals surface area contributed by atoms with Crippen molar-refractivity contribution >= 4 is 11.6 Å². The van der Waals surface area contributed by atoms with Crippen LogP contribution in [-0.2, 0) is 0 Å². The molecule has 0 radical (unpaired) electrons. The Labute approximate surface area is 93.5 Å². The van der Waals surface area contributed by atoms with E-state index in [0.29, 0.717) is 11.3 Å². The van der Waals surface area contributed by atoms with E-state index in [1.54, 1.807) is 18.9 Å². The van der Waals surface area contributed by atoms with Crippen LogP contribution in [0.15, 0.2) is 41.1 Å². The Morgan fingerprint density at radius 3 is 2.56 bits per heavy atom. The number of hydrogen-bond donors (Lipinski definition) is 0. The summed E-state index contributed by atoms with van der Waals surface area (Å²) < 4.78 is 4.75. The van der Waals surface area contributed by atoms with Gasteiger partial charge in [-0.25, -0.2) is 0 Å². The molecule has 0 spiro atoms. The maximum atomic E-state index is 12.1. The van der Waals surface area contributed by atoms with Crippen LogP contribution < -0.4 is 4.90 Å². The second-order valence-electron chi connectivity index (χ2n) is 3.51. The fourth-order valence-corrected chi connectivity index (χ4v) is 1.45. The molecule has 1 heterocycles. The largest absolute Gasteiger partial charge is 0.364 e. The minimum absolute atomic E-state index is 0.120. The molecular weight excluding hydrogens is 204 g/mol. The van der Waals surface area contributed by atoms with Crippen LogP contribution in [0.4, 0.5) is 5.69 Å². The molecule has 0 aliphatic heterocycles. The molecule has 4 nitrogen and oxygen atoms in total. The van der Waals surface area contributed by atoms with E-state index in [2.05, 4.69) is 5.16 Å². The predicted octanol–water partition coefficient (Wildman–Crippen LogP) is 2.26. The molecular formula is C12H12N2O2. The van der Waals surface area contributed by atoms with Crippen LogP contribution in [0.3, 0.4) is 0 Å². The van der Waals surface area contributed by atoms with Crippen LogP contribution in [0.25, 0.3) is 0 Å². The van der Waals surface area contributed by atoms with Crippen LogP contribution in [0.1, 0.15) is 16.1 Å². The van der Waals surface area contributed by atoms with E-state index >= 15 is 0 Å². The van der Waals surface area contributed by atoms with Gasteiger partial charge in [-0.1, -0.05) is 23.4 Å². The molecule has 0 bridgehead atoms. The summed E-state index contributed by atoms with van der Waals surface area (Å²) in [5, 5.41) is 3.69. The van der Waals surface area contributed by atoms with Gasteiger partial charge in [0.05, 0.1) is 5.69 Å². The number of rotatable bonds is 2. The first-order valence-corrected chi connectivity index (χ1v) is 4.94. The second kappa shape index (κ2) is 4.18. The van der Waals surface area contributed by atoms with Gasteiger partial charge in [0.25, 0.3) is 5.91 Å². The normalized spacial score (nSPS) is 10.1. The lowest BCUT2D eigenvalue weighted by atomic mass is 10.2. The third-order valence-corrected chi connectivity index (χ3v) is 2.43. The van der Waals surface area contributed by atoms with E-state index in [4.69, 9.17) is 4.52 Å². The summed E-state index contributed by atoms with van der Waals surface area (Å²) >= 11 is 0. The molecule has 16 heavy (non-hydrogen) atoms. The molecule has 2 rings (SSSR count). The fraction of sp³-hybridized carbons (Fsp3) is 0.167. The molecule has 4 heteroatoms. The van der Waals surface area contributed by atoms with Crippen LogP contribution in [-0.4, -0.2) is 18.1 Å². The van der Waals surface area contributed by atoms with Crippen molar-refractivity contribution in [1.82, 2.24) is 5.16 Å². The molecule has 0 atom stereocenters. The first kappa shape index (κ1) is 10.4. The van der Waals surface area contributed by atoms with Crippen molar-refractivity contribution < 1.29 is 9.32 Å². The summed E-state index contributed by atoms with van der Waals surface area (Å²) in [6.45, 7) is 1.75. The molecule has 0 N–H and O–H groups in total. The lowest BCUT2D eigenvalue weighted by molar-refractivity contribution is 0.0992. The molecule has 0 unspecified atom stereocenters. The third kappa shape index (κ3) is 1.82. The molecule has 0 saturated heterocycles. The highest BCUT2D eigenvalue weighted by Crippen LogP contribution is 2.16. The number of aromatic nitrogens is 1. The highest BCUT2D eigenvalue weighted by molar-refractivity contribution is 6.06. The molecule has 82 valence electrons. The molecule has 0 saturated carbocycles. The lowest BCUT2D eigenvalue weighted by Crippen LogP contribution is -2.26. The van der Waals surface area contributed by atoms with Crippen LogP contribution in [0.5, 0.6) is 0 Å². The minimum Gasteiger partial charge on any atom is -0.364 e. The maximum absolute atomic E-state index is 12.1. The van der Waals surface area contributed by atoms with Gasteiger partial charge in [-0.3, -0.25) is 4.79 Å². The Balaban J connectivity index is 2.27. The van der Waals surface area contributed by atoms with Crippen LogP contribution in [0, 0.1) is 6.92 Å². The van der Waals surface area contributed by atoms with Gasteiger partial charge < -0.3 is 9.42 Å². The zero-order valence-corrected chi connectivity index (χ0v) is 9.18. The highest BCUT2D eigenvalue weighted by Gasteiger charge is 2.17. The second-order valence-corrected chi connectivity index (χ2v) is 3.51. The first-order chi connectivity index (χ1) is 7.70. The summed E-state index contributed by atoms with van der Waals surface area (Å²) in [7, 11) is 1.73. The Morgan fingerprint density at radius 1 is 1.31 bits per heavy atom. The number of amides is 1. The zero-order valence-electron chi connectivity index (χ0n) is 9.18. The molecule has 0 aliphatic rings. The van der Waals surface area contributed by atoms with E-state index in [1.165, 1.54) is 6.26 Å². The maximum Gasteiger partial charge on any atom is 0.263 e. The summed E-state index contributed by atoms with van der Waals surface area (Å²) in [5.41, 5.74) is 1.94. The molecule has 1 aromatic carbocycles. The molecule has 2 aromatic rings. The van der Waals surface area contributed by atoms with Crippen molar-refractivity contribution in [2.75, 3.05) is 11.9 Å². The van der Waals surface area contributed by atoms with Crippen LogP contribution >= 0.6 is 0 Å². The number of benzene rings is 1. The Morgan fingerprint density at radius 2 is 2.00 bits per heavy atom. The van der Waals surface area contributed by atoms with E-state index in [9.17, 15) is 4.79 Å². The van der Waals surface area contributed by atoms with E-state index < -0.39 is 0 Å². The SMILES string of the molecule is Cc1nocc1C(=O)N(C)c1ccccc1. The molecule has 0 aliphatic carbocycles.